The van der Waals surface area contributed by atoms with Crippen LogP contribution in [0.15, 0.2) is 30.5 Å². The lowest BCUT2D eigenvalue weighted by Gasteiger charge is -2.16. The smallest absolute Gasteiger partial charge is 0.244 e. The van der Waals surface area contributed by atoms with Crippen LogP contribution in [0.5, 0.6) is 0 Å². The number of nitrogens with one attached hydrogen (secondary N) is 2. The Labute approximate surface area is 135 Å². The van der Waals surface area contributed by atoms with Gasteiger partial charge < -0.3 is 10.6 Å². The standard InChI is InChI=1S/C17H22FN5/c18-15-10-6-5-7-13(15)11-19-17-22-16(12-20-23-17)21-14-8-3-1-2-4-9-14/h5-7,10,12,14H,1-4,8-9,11H2,(H2,19,21,22,23). The lowest BCUT2D eigenvalue weighted by molar-refractivity contribution is 0.612. The van der Waals surface area contributed by atoms with Gasteiger partial charge in [0.25, 0.3) is 0 Å². The summed E-state index contributed by atoms with van der Waals surface area (Å²) in [6, 6.07) is 7.12. The lowest BCUT2D eigenvalue weighted by Crippen LogP contribution is -2.19. The van der Waals surface area contributed by atoms with Crippen LogP contribution in [0.2, 0.25) is 0 Å². The third kappa shape index (κ3) is 4.61. The van der Waals surface area contributed by atoms with Gasteiger partial charge in [0.05, 0.1) is 6.20 Å². The predicted molar refractivity (Wildman–Crippen MR) is 88.7 cm³/mol. The molecule has 122 valence electrons. The number of nitrogens with zero attached hydrogens (tertiary/aromatic N) is 3. The normalized spacial score (nSPS) is 15.9. The van der Waals surface area contributed by atoms with Crippen LogP contribution in [0.4, 0.5) is 16.2 Å². The summed E-state index contributed by atoms with van der Waals surface area (Å²) < 4.78 is 13.6. The van der Waals surface area contributed by atoms with Crippen LogP contribution in [0, 0.1) is 5.82 Å². The Morgan fingerprint density at radius 3 is 2.65 bits per heavy atom. The number of benzene rings is 1. The Bertz CT molecular complexity index is 626. The average Bonchev–Trinajstić information content (AvgIpc) is 2.83. The Morgan fingerprint density at radius 1 is 1.09 bits per heavy atom. The molecule has 1 heterocycles. The molecular weight excluding hydrogens is 293 g/mol. The minimum atomic E-state index is -0.235. The van der Waals surface area contributed by atoms with Crippen LogP contribution in [0.1, 0.15) is 44.1 Å². The second kappa shape index (κ2) is 7.85. The Morgan fingerprint density at radius 2 is 1.87 bits per heavy atom. The van der Waals surface area contributed by atoms with Crippen molar-refractivity contribution in [2.45, 2.75) is 51.1 Å². The molecule has 0 unspecified atom stereocenters. The van der Waals surface area contributed by atoms with Gasteiger partial charge in [-0.1, -0.05) is 43.9 Å². The van der Waals surface area contributed by atoms with Gasteiger partial charge in [0.15, 0.2) is 5.82 Å². The number of anilines is 2. The zero-order chi connectivity index (χ0) is 15.9. The molecule has 0 amide bonds. The number of rotatable bonds is 5. The maximum Gasteiger partial charge on any atom is 0.244 e. The largest absolute Gasteiger partial charge is 0.366 e. The van der Waals surface area contributed by atoms with E-state index in [0.717, 1.165) is 5.82 Å². The van der Waals surface area contributed by atoms with Crippen molar-refractivity contribution in [3.63, 3.8) is 0 Å². The van der Waals surface area contributed by atoms with Crippen LogP contribution in [-0.4, -0.2) is 21.2 Å². The SMILES string of the molecule is Fc1ccccc1CNc1nncc(NC2CCCCCC2)n1. The number of hydrogen-bond acceptors (Lipinski definition) is 5. The molecule has 1 aromatic carbocycles. The van der Waals surface area contributed by atoms with Crippen molar-refractivity contribution >= 4 is 11.8 Å². The first-order chi connectivity index (χ1) is 11.3. The fraction of sp³-hybridized carbons (Fsp3) is 0.471. The molecule has 0 bridgehead atoms. The van der Waals surface area contributed by atoms with E-state index in [1.54, 1.807) is 18.3 Å². The summed E-state index contributed by atoms with van der Waals surface area (Å²) in [6.45, 7) is 0.335. The van der Waals surface area contributed by atoms with Crippen LogP contribution in [0.25, 0.3) is 0 Å². The molecule has 0 spiro atoms. The molecule has 3 rings (SSSR count). The minimum Gasteiger partial charge on any atom is -0.366 e. The zero-order valence-electron chi connectivity index (χ0n) is 13.1. The number of hydrogen-bond donors (Lipinski definition) is 2. The monoisotopic (exact) mass is 315 g/mol. The van der Waals surface area contributed by atoms with Crippen molar-refractivity contribution in [1.29, 1.82) is 0 Å². The number of halogens is 1. The zero-order valence-corrected chi connectivity index (χ0v) is 13.1. The molecule has 0 aliphatic heterocycles. The molecule has 0 atom stereocenters. The van der Waals surface area contributed by atoms with Crippen LogP contribution in [-0.2, 0) is 6.54 Å². The van der Waals surface area contributed by atoms with Gasteiger partial charge in [-0.2, -0.15) is 10.1 Å². The Balaban J connectivity index is 1.59. The van der Waals surface area contributed by atoms with Gasteiger partial charge in [-0.15, -0.1) is 5.10 Å². The van der Waals surface area contributed by atoms with Crippen molar-refractivity contribution in [2.24, 2.45) is 0 Å². The predicted octanol–water partition coefficient (Wildman–Crippen LogP) is 3.76. The molecule has 2 N–H and O–H groups in total. The van der Waals surface area contributed by atoms with Crippen LogP contribution >= 0.6 is 0 Å². The molecule has 2 aromatic rings. The van der Waals surface area contributed by atoms with Crippen molar-refractivity contribution < 1.29 is 4.39 Å². The summed E-state index contributed by atoms with van der Waals surface area (Å²) in [5.74, 6) is 0.899. The summed E-state index contributed by atoms with van der Waals surface area (Å²) >= 11 is 0. The molecule has 0 saturated heterocycles. The van der Waals surface area contributed by atoms with Gasteiger partial charge >= 0.3 is 0 Å². The average molecular weight is 315 g/mol. The molecule has 5 nitrogen and oxygen atoms in total. The maximum atomic E-state index is 13.6. The van der Waals surface area contributed by atoms with Gasteiger partial charge in [-0.25, -0.2) is 4.39 Å². The highest BCUT2D eigenvalue weighted by molar-refractivity contribution is 5.38. The minimum absolute atomic E-state index is 0.235. The molecule has 1 aromatic heterocycles. The first kappa shape index (κ1) is 15.6. The van der Waals surface area contributed by atoms with E-state index in [4.69, 9.17) is 0 Å². The van der Waals surface area contributed by atoms with E-state index in [1.165, 1.54) is 44.6 Å². The van der Waals surface area contributed by atoms with Gasteiger partial charge in [0.2, 0.25) is 5.95 Å². The van der Waals surface area contributed by atoms with E-state index < -0.39 is 0 Å². The fourth-order valence-electron chi connectivity index (χ4n) is 2.90. The molecule has 23 heavy (non-hydrogen) atoms. The van der Waals surface area contributed by atoms with Gasteiger partial charge in [0, 0.05) is 18.2 Å². The fourth-order valence-corrected chi connectivity index (χ4v) is 2.90. The van der Waals surface area contributed by atoms with E-state index in [2.05, 4.69) is 25.8 Å². The highest BCUT2D eigenvalue weighted by Crippen LogP contribution is 2.20. The van der Waals surface area contributed by atoms with Gasteiger partial charge in [-0.3, -0.25) is 0 Å². The third-order valence-corrected chi connectivity index (χ3v) is 4.16. The summed E-state index contributed by atoms with van der Waals surface area (Å²) in [7, 11) is 0. The summed E-state index contributed by atoms with van der Waals surface area (Å²) in [5.41, 5.74) is 0.582. The second-order valence-electron chi connectivity index (χ2n) is 5.94. The van der Waals surface area contributed by atoms with Crippen LogP contribution in [0.3, 0.4) is 0 Å². The second-order valence-corrected chi connectivity index (χ2v) is 5.94. The van der Waals surface area contributed by atoms with Gasteiger partial charge in [-0.05, 0) is 18.9 Å². The first-order valence-corrected chi connectivity index (χ1v) is 8.25. The quantitative estimate of drug-likeness (QED) is 0.823. The van der Waals surface area contributed by atoms with E-state index in [0.29, 0.717) is 24.1 Å². The molecule has 6 heteroatoms. The van der Waals surface area contributed by atoms with Crippen LogP contribution < -0.4 is 10.6 Å². The van der Waals surface area contributed by atoms with Crippen molar-refractivity contribution in [3.8, 4) is 0 Å². The van der Waals surface area contributed by atoms with E-state index in [9.17, 15) is 4.39 Å². The first-order valence-electron chi connectivity index (χ1n) is 8.25. The molecule has 0 radical (unpaired) electrons. The molecule has 1 saturated carbocycles. The van der Waals surface area contributed by atoms with Crippen molar-refractivity contribution in [2.75, 3.05) is 10.6 Å². The third-order valence-electron chi connectivity index (χ3n) is 4.16. The lowest BCUT2D eigenvalue weighted by atomic mass is 10.1. The summed E-state index contributed by atoms with van der Waals surface area (Å²) in [4.78, 5) is 4.42. The van der Waals surface area contributed by atoms with E-state index >= 15 is 0 Å². The summed E-state index contributed by atoms with van der Waals surface area (Å²) in [5, 5.41) is 14.4. The van der Waals surface area contributed by atoms with Gasteiger partial charge in [0.1, 0.15) is 5.82 Å². The van der Waals surface area contributed by atoms with Crippen molar-refractivity contribution in [1.82, 2.24) is 15.2 Å². The van der Waals surface area contributed by atoms with E-state index in [1.807, 2.05) is 6.07 Å². The highest BCUT2D eigenvalue weighted by Gasteiger charge is 2.13. The maximum absolute atomic E-state index is 13.6. The van der Waals surface area contributed by atoms with Crippen molar-refractivity contribution in [3.05, 3.63) is 41.8 Å². The Hall–Kier alpha value is -2.24. The number of aromatic nitrogens is 3. The molecular formula is C17H22FN5. The topological polar surface area (TPSA) is 62.7 Å². The molecule has 1 aliphatic rings. The molecule has 1 aliphatic carbocycles. The summed E-state index contributed by atoms with van der Waals surface area (Å²) in [6.07, 6.45) is 9.12. The van der Waals surface area contributed by atoms with E-state index in [-0.39, 0.29) is 5.82 Å². The molecule has 1 fully saturated rings. The Kier molecular flexibility index (Phi) is 5.34. The highest BCUT2D eigenvalue weighted by atomic mass is 19.1.